The highest BCUT2D eigenvalue weighted by atomic mass is 32.2. The zero-order valence-electron chi connectivity index (χ0n) is 13.9. The molecule has 1 fully saturated rings. The van der Waals surface area contributed by atoms with Gasteiger partial charge in [0.15, 0.2) is 5.17 Å². The van der Waals surface area contributed by atoms with Gasteiger partial charge in [-0.15, -0.1) is 0 Å². The molecule has 26 heavy (non-hydrogen) atoms. The lowest BCUT2D eigenvalue weighted by Crippen LogP contribution is -2.28. The monoisotopic (exact) mass is 373 g/mol. The van der Waals surface area contributed by atoms with Crippen LogP contribution in [0.15, 0.2) is 53.5 Å². The Balaban J connectivity index is 1.64. The van der Waals surface area contributed by atoms with E-state index in [4.69, 9.17) is 4.74 Å². The Morgan fingerprint density at radius 3 is 2.77 bits per heavy atom. The zero-order chi connectivity index (χ0) is 18.5. The number of nitrogens with one attached hydrogen (secondary N) is 2. The van der Waals surface area contributed by atoms with Crippen LogP contribution in [0.2, 0.25) is 0 Å². The summed E-state index contributed by atoms with van der Waals surface area (Å²) >= 11 is 1.10. The largest absolute Gasteiger partial charge is 0.495 e. The summed E-state index contributed by atoms with van der Waals surface area (Å²) in [4.78, 5) is 28.4. The van der Waals surface area contributed by atoms with E-state index in [-0.39, 0.29) is 29.1 Å². The molecule has 2 aromatic carbocycles. The summed E-state index contributed by atoms with van der Waals surface area (Å²) in [5, 5.41) is 4.94. The number of aliphatic imine (C=N–C) groups is 1. The average Bonchev–Trinajstić information content (AvgIpc) is 2.96. The number of halogens is 1. The summed E-state index contributed by atoms with van der Waals surface area (Å²) in [6, 6.07) is 13.0. The second kappa shape index (κ2) is 8.01. The number of methoxy groups -OCH3 is 1. The van der Waals surface area contributed by atoms with Crippen LogP contribution < -0.4 is 15.4 Å². The third-order valence-electron chi connectivity index (χ3n) is 3.60. The van der Waals surface area contributed by atoms with E-state index in [9.17, 15) is 14.0 Å². The van der Waals surface area contributed by atoms with Gasteiger partial charge in [0.25, 0.3) is 0 Å². The van der Waals surface area contributed by atoms with Gasteiger partial charge >= 0.3 is 0 Å². The molecule has 6 nitrogen and oxygen atoms in total. The Bertz CT molecular complexity index is 872. The van der Waals surface area contributed by atoms with E-state index in [2.05, 4.69) is 15.6 Å². The minimum absolute atomic E-state index is 0.0369. The smallest absolute Gasteiger partial charge is 0.240 e. The summed E-state index contributed by atoms with van der Waals surface area (Å²) in [6.07, 6.45) is -0.0369. The number of nitrogens with zero attached hydrogens (tertiary/aromatic N) is 1. The van der Waals surface area contributed by atoms with Crippen LogP contribution in [0.5, 0.6) is 5.75 Å². The fraction of sp³-hybridized carbons (Fsp3) is 0.167. The number of hydrogen-bond acceptors (Lipinski definition) is 5. The summed E-state index contributed by atoms with van der Waals surface area (Å²) in [6.45, 7) is 0. The van der Waals surface area contributed by atoms with Crippen molar-refractivity contribution in [2.75, 3.05) is 12.4 Å². The molecule has 2 amide bonds. The number of para-hydroxylation sites is 3. The first kappa shape index (κ1) is 17.9. The number of carbonyl (C=O) groups is 2. The third kappa shape index (κ3) is 4.20. The molecule has 0 aliphatic carbocycles. The van der Waals surface area contributed by atoms with E-state index in [0.29, 0.717) is 11.4 Å². The van der Waals surface area contributed by atoms with Crippen molar-refractivity contribution in [3.8, 4) is 5.75 Å². The van der Waals surface area contributed by atoms with E-state index in [1.54, 1.807) is 36.4 Å². The highest BCUT2D eigenvalue weighted by molar-refractivity contribution is 8.15. The van der Waals surface area contributed by atoms with Crippen LogP contribution in [0.1, 0.15) is 6.42 Å². The normalized spacial score (nSPS) is 17.8. The van der Waals surface area contributed by atoms with Crippen molar-refractivity contribution < 1.29 is 18.7 Å². The second-order valence-corrected chi connectivity index (χ2v) is 6.61. The van der Waals surface area contributed by atoms with E-state index < -0.39 is 11.1 Å². The molecule has 0 bridgehead atoms. The van der Waals surface area contributed by atoms with E-state index in [1.165, 1.54) is 19.2 Å². The second-order valence-electron chi connectivity index (χ2n) is 5.42. The van der Waals surface area contributed by atoms with E-state index >= 15 is 0 Å². The average molecular weight is 373 g/mol. The first-order chi connectivity index (χ1) is 12.6. The Kier molecular flexibility index (Phi) is 5.52. The topological polar surface area (TPSA) is 79.8 Å². The molecule has 1 unspecified atom stereocenters. The van der Waals surface area contributed by atoms with Crippen molar-refractivity contribution in [3.63, 3.8) is 0 Å². The molecule has 1 aliphatic rings. The number of thioether (sulfide) groups is 1. The lowest BCUT2D eigenvalue weighted by atomic mass is 10.2. The summed E-state index contributed by atoms with van der Waals surface area (Å²) in [7, 11) is 1.51. The predicted octanol–water partition coefficient (Wildman–Crippen LogP) is 3.08. The van der Waals surface area contributed by atoms with Gasteiger partial charge in [0.2, 0.25) is 11.8 Å². The Hall–Kier alpha value is -2.87. The lowest BCUT2D eigenvalue weighted by Gasteiger charge is -2.10. The van der Waals surface area contributed by atoms with Gasteiger partial charge in [-0.2, -0.15) is 0 Å². The molecule has 1 atom stereocenters. The molecule has 0 spiro atoms. The van der Waals surface area contributed by atoms with Gasteiger partial charge in [-0.25, -0.2) is 9.38 Å². The minimum Gasteiger partial charge on any atom is -0.495 e. The first-order valence-corrected chi connectivity index (χ1v) is 8.68. The van der Waals surface area contributed by atoms with Crippen LogP contribution in [-0.2, 0) is 9.59 Å². The molecule has 2 aromatic rings. The number of amidine groups is 1. The van der Waals surface area contributed by atoms with Gasteiger partial charge in [-0.05, 0) is 24.3 Å². The standard InChI is InChI=1S/C18H16FN3O3S/c1-25-14-9-5-4-8-13(14)20-16(23)10-15-17(24)22-18(26-15)21-12-7-3-2-6-11(12)19/h2-9,15H,10H2,1H3,(H,20,23)(H,21,22,24). The highest BCUT2D eigenvalue weighted by Gasteiger charge is 2.32. The third-order valence-corrected chi connectivity index (χ3v) is 4.68. The Morgan fingerprint density at radius 2 is 2.00 bits per heavy atom. The first-order valence-electron chi connectivity index (χ1n) is 7.80. The van der Waals surface area contributed by atoms with E-state index in [0.717, 1.165) is 11.8 Å². The van der Waals surface area contributed by atoms with Gasteiger partial charge in [-0.1, -0.05) is 36.0 Å². The molecular weight excluding hydrogens is 357 g/mol. The van der Waals surface area contributed by atoms with E-state index in [1.807, 2.05) is 0 Å². The Morgan fingerprint density at radius 1 is 1.27 bits per heavy atom. The lowest BCUT2D eigenvalue weighted by molar-refractivity contribution is -0.122. The molecule has 8 heteroatoms. The maximum atomic E-state index is 13.7. The summed E-state index contributed by atoms with van der Waals surface area (Å²) in [5.74, 6) is -0.604. The number of amides is 2. The number of carbonyl (C=O) groups excluding carboxylic acids is 2. The van der Waals surface area contributed by atoms with Crippen molar-refractivity contribution in [3.05, 3.63) is 54.3 Å². The molecule has 1 heterocycles. The number of hydrogen-bond donors (Lipinski definition) is 2. The fourth-order valence-electron chi connectivity index (χ4n) is 2.36. The van der Waals surface area contributed by atoms with Crippen molar-refractivity contribution in [1.29, 1.82) is 0 Å². The molecule has 0 aromatic heterocycles. The van der Waals surface area contributed by atoms with Crippen LogP contribution in [-0.4, -0.2) is 29.3 Å². The molecule has 1 aliphatic heterocycles. The molecule has 0 radical (unpaired) electrons. The van der Waals surface area contributed by atoms with Gasteiger partial charge in [0.1, 0.15) is 22.5 Å². The fourth-order valence-corrected chi connectivity index (χ4v) is 3.34. The minimum atomic E-state index is -0.629. The number of benzene rings is 2. The SMILES string of the molecule is COc1ccccc1NC(=O)CC1SC(=Nc2ccccc2F)NC1=O. The number of anilines is 1. The highest BCUT2D eigenvalue weighted by Crippen LogP contribution is 2.28. The van der Waals surface area contributed by atoms with Crippen LogP contribution in [0, 0.1) is 5.82 Å². The van der Waals surface area contributed by atoms with Gasteiger partial charge in [0, 0.05) is 6.42 Å². The molecule has 2 N–H and O–H groups in total. The summed E-state index contributed by atoms with van der Waals surface area (Å²) < 4.78 is 18.8. The predicted molar refractivity (Wildman–Crippen MR) is 99.3 cm³/mol. The van der Waals surface area contributed by atoms with Crippen LogP contribution in [0.25, 0.3) is 0 Å². The maximum absolute atomic E-state index is 13.7. The maximum Gasteiger partial charge on any atom is 0.240 e. The van der Waals surface area contributed by atoms with Gasteiger partial charge < -0.3 is 15.4 Å². The quantitative estimate of drug-likeness (QED) is 0.844. The van der Waals surface area contributed by atoms with Crippen LogP contribution in [0.3, 0.4) is 0 Å². The molecule has 3 rings (SSSR count). The van der Waals surface area contributed by atoms with Crippen molar-refractivity contribution in [2.24, 2.45) is 4.99 Å². The molecular formula is C18H16FN3O3S. The van der Waals surface area contributed by atoms with Gasteiger partial charge in [0.05, 0.1) is 12.8 Å². The van der Waals surface area contributed by atoms with Crippen LogP contribution in [0.4, 0.5) is 15.8 Å². The van der Waals surface area contributed by atoms with Gasteiger partial charge in [-0.3, -0.25) is 9.59 Å². The van der Waals surface area contributed by atoms with Crippen molar-refractivity contribution in [1.82, 2.24) is 5.32 Å². The molecule has 1 saturated heterocycles. The molecule has 0 saturated carbocycles. The summed E-state index contributed by atoms with van der Waals surface area (Å²) in [5.41, 5.74) is 0.665. The molecule has 134 valence electrons. The Labute approximate surface area is 153 Å². The van der Waals surface area contributed by atoms with Crippen molar-refractivity contribution in [2.45, 2.75) is 11.7 Å². The van der Waals surface area contributed by atoms with Crippen molar-refractivity contribution >= 4 is 40.1 Å². The van der Waals surface area contributed by atoms with Crippen LogP contribution >= 0.6 is 11.8 Å². The number of ether oxygens (including phenoxy) is 1. The number of rotatable bonds is 5. The zero-order valence-corrected chi connectivity index (χ0v) is 14.7.